The van der Waals surface area contributed by atoms with Gasteiger partial charge in [-0.25, -0.2) is 0 Å². The van der Waals surface area contributed by atoms with Crippen LogP contribution in [-0.4, -0.2) is 54.3 Å². The van der Waals surface area contributed by atoms with E-state index < -0.39 is 23.6 Å². The summed E-state index contributed by atoms with van der Waals surface area (Å²) in [5.74, 6) is -1.41. The molecule has 10 heteroatoms. The monoisotopic (exact) mass is 426 g/mol. The van der Waals surface area contributed by atoms with Crippen molar-refractivity contribution >= 4 is 17.7 Å². The predicted octanol–water partition coefficient (Wildman–Crippen LogP) is 1.28. The second kappa shape index (κ2) is 9.03. The van der Waals surface area contributed by atoms with E-state index in [1.807, 2.05) is 0 Å². The lowest BCUT2D eigenvalue weighted by molar-refractivity contribution is -0.137. The molecular weight excluding hydrogens is 401 g/mol. The van der Waals surface area contributed by atoms with Gasteiger partial charge < -0.3 is 16.4 Å². The number of nitrogens with zero attached hydrogens (tertiary/aromatic N) is 1. The number of primary amides is 1. The molecule has 2 aliphatic rings. The van der Waals surface area contributed by atoms with Gasteiger partial charge in [-0.1, -0.05) is 6.07 Å². The van der Waals surface area contributed by atoms with E-state index in [9.17, 15) is 27.6 Å². The molecule has 0 atom stereocenters. The first kappa shape index (κ1) is 22.1. The lowest BCUT2D eigenvalue weighted by atomic mass is 9.83. The van der Waals surface area contributed by atoms with Gasteiger partial charge in [0.05, 0.1) is 18.2 Å². The van der Waals surface area contributed by atoms with Gasteiger partial charge >= 0.3 is 6.18 Å². The number of hydrogen-bond donors (Lipinski definition) is 3. The van der Waals surface area contributed by atoms with Gasteiger partial charge in [0.25, 0.3) is 5.91 Å². The molecule has 0 unspecified atom stereocenters. The third kappa shape index (κ3) is 5.50. The van der Waals surface area contributed by atoms with Crippen molar-refractivity contribution in [3.8, 4) is 0 Å². The fourth-order valence-electron chi connectivity index (χ4n) is 4.01. The molecule has 7 nitrogen and oxygen atoms in total. The molecule has 1 heterocycles. The molecule has 30 heavy (non-hydrogen) atoms. The Morgan fingerprint density at radius 1 is 1.10 bits per heavy atom. The summed E-state index contributed by atoms with van der Waals surface area (Å²) in [6.45, 7) is 1.08. The molecule has 2 fully saturated rings. The first-order chi connectivity index (χ1) is 14.1. The zero-order valence-corrected chi connectivity index (χ0v) is 16.4. The number of benzene rings is 1. The number of hydrogen-bond acceptors (Lipinski definition) is 4. The van der Waals surface area contributed by atoms with Crippen molar-refractivity contribution in [2.75, 3.05) is 19.6 Å². The molecule has 3 rings (SSSR count). The highest BCUT2D eigenvalue weighted by molar-refractivity contribution is 5.96. The third-order valence-electron chi connectivity index (χ3n) is 5.75. The van der Waals surface area contributed by atoms with Gasteiger partial charge in [0.15, 0.2) is 0 Å². The molecule has 3 amide bonds. The number of rotatable bonds is 6. The maximum absolute atomic E-state index is 12.7. The first-order valence-corrected chi connectivity index (χ1v) is 9.91. The van der Waals surface area contributed by atoms with Crippen molar-refractivity contribution in [1.82, 2.24) is 15.5 Å². The van der Waals surface area contributed by atoms with Crippen LogP contribution in [0, 0.1) is 5.92 Å². The largest absolute Gasteiger partial charge is 0.416 e. The summed E-state index contributed by atoms with van der Waals surface area (Å²) in [6.07, 6.45) is -1.16. The SMILES string of the molecule is NC(=O)C1CCC(N2CC(NC(=O)CNC(=O)c3cccc(C(F)(F)F)c3)C2)CC1. The molecule has 0 bridgehead atoms. The highest BCUT2D eigenvalue weighted by Crippen LogP contribution is 2.30. The second-order valence-electron chi connectivity index (χ2n) is 7.89. The Kier molecular flexibility index (Phi) is 6.64. The Labute approximate surface area is 172 Å². The minimum absolute atomic E-state index is 0.0307. The fraction of sp³-hybridized carbons (Fsp3) is 0.550. The fourth-order valence-corrected chi connectivity index (χ4v) is 4.01. The summed E-state index contributed by atoms with van der Waals surface area (Å²) >= 11 is 0. The molecule has 0 aromatic heterocycles. The van der Waals surface area contributed by atoms with Crippen molar-refractivity contribution in [3.63, 3.8) is 0 Å². The van der Waals surface area contributed by atoms with E-state index in [2.05, 4.69) is 15.5 Å². The molecule has 1 aliphatic carbocycles. The summed E-state index contributed by atoms with van der Waals surface area (Å²) in [5.41, 5.74) is 4.27. The molecule has 1 aliphatic heterocycles. The van der Waals surface area contributed by atoms with Gasteiger partial charge in [-0.05, 0) is 43.9 Å². The summed E-state index contributed by atoms with van der Waals surface area (Å²) in [5, 5.41) is 5.15. The number of alkyl halides is 3. The average Bonchev–Trinajstić information content (AvgIpc) is 2.68. The van der Waals surface area contributed by atoms with E-state index in [0.29, 0.717) is 19.1 Å². The molecule has 164 valence electrons. The van der Waals surface area contributed by atoms with Gasteiger partial charge in [0.2, 0.25) is 11.8 Å². The average molecular weight is 426 g/mol. The van der Waals surface area contributed by atoms with Crippen LogP contribution in [-0.2, 0) is 15.8 Å². The van der Waals surface area contributed by atoms with Crippen molar-refractivity contribution in [3.05, 3.63) is 35.4 Å². The van der Waals surface area contributed by atoms with E-state index in [1.54, 1.807) is 0 Å². The quantitative estimate of drug-likeness (QED) is 0.637. The Bertz CT molecular complexity index is 801. The number of nitrogens with one attached hydrogen (secondary N) is 2. The molecule has 0 radical (unpaired) electrons. The van der Waals surface area contributed by atoms with Crippen molar-refractivity contribution in [1.29, 1.82) is 0 Å². The van der Waals surface area contributed by atoms with Crippen LogP contribution in [0.1, 0.15) is 41.6 Å². The van der Waals surface area contributed by atoms with Crippen LogP contribution in [0.4, 0.5) is 13.2 Å². The second-order valence-corrected chi connectivity index (χ2v) is 7.89. The maximum Gasteiger partial charge on any atom is 0.416 e. The van der Waals surface area contributed by atoms with E-state index in [4.69, 9.17) is 5.73 Å². The van der Waals surface area contributed by atoms with E-state index in [1.165, 1.54) is 6.07 Å². The lowest BCUT2D eigenvalue weighted by Crippen LogP contribution is -2.63. The smallest absolute Gasteiger partial charge is 0.369 e. The minimum atomic E-state index is -4.54. The normalized spacial score (nSPS) is 22.8. The summed E-state index contributed by atoms with van der Waals surface area (Å²) in [4.78, 5) is 37.5. The van der Waals surface area contributed by atoms with Gasteiger partial charge in [-0.2, -0.15) is 13.2 Å². The van der Waals surface area contributed by atoms with Crippen LogP contribution in [0.25, 0.3) is 0 Å². The van der Waals surface area contributed by atoms with E-state index in [0.717, 1.165) is 43.9 Å². The van der Waals surface area contributed by atoms with Crippen molar-refractivity contribution in [2.24, 2.45) is 11.7 Å². The molecule has 1 aromatic carbocycles. The third-order valence-corrected chi connectivity index (χ3v) is 5.75. The van der Waals surface area contributed by atoms with Gasteiger partial charge in [-0.3, -0.25) is 19.3 Å². The molecule has 1 saturated carbocycles. The summed E-state index contributed by atoms with van der Waals surface area (Å²) in [6, 6.07) is 4.40. The van der Waals surface area contributed by atoms with Gasteiger partial charge in [0, 0.05) is 30.6 Å². The van der Waals surface area contributed by atoms with Crippen LogP contribution in [0.15, 0.2) is 24.3 Å². The van der Waals surface area contributed by atoms with E-state index in [-0.39, 0.29) is 30.0 Å². The number of halogens is 3. The highest BCUT2D eigenvalue weighted by atomic mass is 19.4. The minimum Gasteiger partial charge on any atom is -0.369 e. The van der Waals surface area contributed by atoms with Crippen LogP contribution in [0.3, 0.4) is 0 Å². The standard InChI is InChI=1S/C20H25F3N4O3/c21-20(22,23)14-3-1-2-13(8-14)19(30)25-9-17(28)26-15-10-27(11-15)16-6-4-12(5-7-16)18(24)29/h1-3,8,12,15-16H,4-7,9-11H2,(H2,24,29)(H,25,30)(H,26,28). The van der Waals surface area contributed by atoms with Crippen LogP contribution in [0.5, 0.6) is 0 Å². The van der Waals surface area contributed by atoms with Crippen LogP contribution >= 0.6 is 0 Å². The topological polar surface area (TPSA) is 105 Å². The maximum atomic E-state index is 12.7. The van der Waals surface area contributed by atoms with Gasteiger partial charge in [0.1, 0.15) is 0 Å². The zero-order chi connectivity index (χ0) is 21.9. The van der Waals surface area contributed by atoms with E-state index >= 15 is 0 Å². The summed E-state index contributed by atoms with van der Waals surface area (Å²) < 4.78 is 38.2. The molecule has 0 spiro atoms. The van der Waals surface area contributed by atoms with Gasteiger partial charge in [-0.15, -0.1) is 0 Å². The number of nitrogens with two attached hydrogens (primary N) is 1. The Morgan fingerprint density at radius 3 is 2.37 bits per heavy atom. The first-order valence-electron chi connectivity index (χ1n) is 9.91. The van der Waals surface area contributed by atoms with Crippen molar-refractivity contribution < 1.29 is 27.6 Å². The highest BCUT2D eigenvalue weighted by Gasteiger charge is 2.36. The van der Waals surface area contributed by atoms with Crippen LogP contribution in [0.2, 0.25) is 0 Å². The number of carbonyl (C=O) groups excluding carboxylic acids is 3. The Balaban J connectivity index is 1.37. The predicted molar refractivity (Wildman–Crippen MR) is 102 cm³/mol. The van der Waals surface area contributed by atoms with Crippen LogP contribution < -0.4 is 16.4 Å². The number of amides is 3. The molecule has 1 saturated heterocycles. The molecule has 1 aromatic rings. The number of likely N-dealkylation sites (tertiary alicyclic amines) is 1. The Morgan fingerprint density at radius 2 is 1.77 bits per heavy atom. The van der Waals surface area contributed by atoms with Crippen molar-refractivity contribution in [2.45, 2.75) is 43.9 Å². The molecular formula is C20H25F3N4O3. The molecule has 4 N–H and O–H groups in total. The summed E-state index contributed by atoms with van der Waals surface area (Å²) in [7, 11) is 0. The number of carbonyl (C=O) groups is 3. The zero-order valence-electron chi connectivity index (χ0n) is 16.4. The lowest BCUT2D eigenvalue weighted by Gasteiger charge is -2.46. The Hall–Kier alpha value is -2.62.